The van der Waals surface area contributed by atoms with Crippen LogP contribution in [0.3, 0.4) is 0 Å². The molecule has 2 aromatic rings. The van der Waals surface area contributed by atoms with Crippen molar-refractivity contribution in [2.75, 3.05) is 0 Å². The zero-order chi connectivity index (χ0) is 18.6. The van der Waals surface area contributed by atoms with E-state index in [0.717, 1.165) is 24.0 Å². The monoisotopic (exact) mass is 364 g/mol. The number of hydrogen-bond donors (Lipinski definition) is 2. The number of benzene rings is 2. The third-order valence-electron chi connectivity index (χ3n) is 3.99. The zero-order valence-electron chi connectivity index (χ0n) is 13.9. The maximum absolute atomic E-state index is 12.5. The van der Waals surface area contributed by atoms with Crippen molar-refractivity contribution in [3.63, 3.8) is 0 Å². The van der Waals surface area contributed by atoms with Gasteiger partial charge in [0.05, 0.1) is 0 Å². The van der Waals surface area contributed by atoms with Gasteiger partial charge in [0.2, 0.25) is 5.91 Å². The maximum Gasteiger partial charge on any atom is 0.573 e. The van der Waals surface area contributed by atoms with Crippen molar-refractivity contribution in [1.29, 1.82) is 0 Å². The second kappa shape index (κ2) is 7.78. The molecule has 0 aliphatic heterocycles. The number of carbonyl (C=O) groups excluding carboxylic acids is 1. The highest BCUT2D eigenvalue weighted by molar-refractivity contribution is 5.83. The number of hydrogen-bond acceptors (Lipinski definition) is 3. The molecule has 0 bridgehead atoms. The van der Waals surface area contributed by atoms with Crippen LogP contribution in [0, 0.1) is 0 Å². The fourth-order valence-corrected chi connectivity index (χ4v) is 2.55. The standard InChI is InChI=1S/C19H19F3N2O2/c20-19(21,22)26-16-10-6-13(7-11-16)12-23-17(14-4-2-1-3-5-14)18(25)24-15-8-9-15/h1-7,10-11,15,17,23H,8-9,12H2,(H,24,25). The molecule has 138 valence electrons. The van der Waals surface area contributed by atoms with Crippen LogP contribution in [0.2, 0.25) is 0 Å². The Labute approximate surface area is 149 Å². The van der Waals surface area contributed by atoms with E-state index >= 15 is 0 Å². The molecule has 2 aromatic carbocycles. The molecule has 26 heavy (non-hydrogen) atoms. The molecule has 1 aliphatic rings. The number of ether oxygens (including phenoxy) is 1. The van der Waals surface area contributed by atoms with E-state index in [1.807, 2.05) is 30.3 Å². The van der Waals surface area contributed by atoms with Gasteiger partial charge in [0, 0.05) is 12.6 Å². The Morgan fingerprint density at radius 3 is 2.31 bits per heavy atom. The minimum Gasteiger partial charge on any atom is -0.406 e. The molecular weight excluding hydrogens is 345 g/mol. The molecule has 0 radical (unpaired) electrons. The molecule has 7 heteroatoms. The van der Waals surface area contributed by atoms with Gasteiger partial charge in [-0.2, -0.15) is 0 Å². The summed E-state index contributed by atoms with van der Waals surface area (Å²) in [5.41, 5.74) is 1.59. The van der Waals surface area contributed by atoms with Crippen LogP contribution in [0.4, 0.5) is 13.2 Å². The highest BCUT2D eigenvalue weighted by Gasteiger charge is 2.31. The fraction of sp³-hybridized carbons (Fsp3) is 0.316. The summed E-state index contributed by atoms with van der Waals surface area (Å²) in [6, 6.07) is 14.6. The molecule has 0 heterocycles. The van der Waals surface area contributed by atoms with Gasteiger partial charge in [0.1, 0.15) is 11.8 Å². The van der Waals surface area contributed by atoms with E-state index in [0.29, 0.717) is 6.54 Å². The molecule has 1 fully saturated rings. The molecule has 2 N–H and O–H groups in total. The van der Waals surface area contributed by atoms with Gasteiger partial charge in [-0.1, -0.05) is 42.5 Å². The Balaban J connectivity index is 1.64. The van der Waals surface area contributed by atoms with E-state index < -0.39 is 12.4 Å². The summed E-state index contributed by atoms with van der Waals surface area (Å²) >= 11 is 0. The lowest BCUT2D eigenvalue weighted by Gasteiger charge is -2.19. The second-order valence-corrected chi connectivity index (χ2v) is 6.20. The summed E-state index contributed by atoms with van der Waals surface area (Å²) in [4.78, 5) is 12.5. The van der Waals surface area contributed by atoms with Gasteiger partial charge < -0.3 is 10.1 Å². The Kier molecular flexibility index (Phi) is 5.46. The molecule has 0 saturated heterocycles. The predicted molar refractivity (Wildman–Crippen MR) is 90.3 cm³/mol. The molecule has 1 atom stereocenters. The Morgan fingerprint density at radius 1 is 1.08 bits per heavy atom. The van der Waals surface area contributed by atoms with Gasteiger partial charge in [0.15, 0.2) is 0 Å². The van der Waals surface area contributed by atoms with E-state index in [-0.39, 0.29) is 17.7 Å². The largest absolute Gasteiger partial charge is 0.573 e. The number of halogens is 3. The summed E-state index contributed by atoms with van der Waals surface area (Å²) in [6.07, 6.45) is -2.72. The first-order valence-corrected chi connectivity index (χ1v) is 8.34. The lowest BCUT2D eigenvalue weighted by atomic mass is 10.1. The first-order chi connectivity index (χ1) is 12.4. The van der Waals surface area contributed by atoms with Gasteiger partial charge >= 0.3 is 6.36 Å². The second-order valence-electron chi connectivity index (χ2n) is 6.20. The Morgan fingerprint density at radius 2 is 1.73 bits per heavy atom. The lowest BCUT2D eigenvalue weighted by molar-refractivity contribution is -0.274. The predicted octanol–water partition coefficient (Wildman–Crippen LogP) is 3.69. The topological polar surface area (TPSA) is 50.4 Å². The summed E-state index contributed by atoms with van der Waals surface area (Å²) in [6.45, 7) is 0.337. The number of nitrogens with one attached hydrogen (secondary N) is 2. The molecule has 1 amide bonds. The molecule has 3 rings (SSSR count). The van der Waals surface area contributed by atoms with Crippen LogP contribution in [0.5, 0.6) is 5.75 Å². The molecule has 1 aliphatic carbocycles. The first kappa shape index (κ1) is 18.3. The average Bonchev–Trinajstić information content (AvgIpc) is 3.40. The van der Waals surface area contributed by atoms with E-state index in [1.54, 1.807) is 0 Å². The number of rotatable bonds is 7. The van der Waals surface area contributed by atoms with Crippen LogP contribution in [-0.4, -0.2) is 18.3 Å². The molecule has 0 spiro atoms. The van der Waals surface area contributed by atoms with E-state index in [1.165, 1.54) is 24.3 Å². The maximum atomic E-state index is 12.5. The van der Waals surface area contributed by atoms with Crippen molar-refractivity contribution in [1.82, 2.24) is 10.6 Å². The molecule has 0 aromatic heterocycles. The van der Waals surface area contributed by atoms with Crippen LogP contribution in [-0.2, 0) is 11.3 Å². The number of alkyl halides is 3. The highest BCUT2D eigenvalue weighted by Crippen LogP contribution is 2.24. The summed E-state index contributed by atoms with van der Waals surface area (Å²) < 4.78 is 40.5. The Bertz CT molecular complexity index is 729. The van der Waals surface area contributed by atoms with Crippen molar-refractivity contribution in [3.05, 3.63) is 65.7 Å². The third-order valence-corrected chi connectivity index (χ3v) is 3.99. The lowest BCUT2D eigenvalue weighted by Crippen LogP contribution is -2.38. The minimum atomic E-state index is -4.71. The highest BCUT2D eigenvalue weighted by atomic mass is 19.4. The molecule has 1 saturated carbocycles. The van der Waals surface area contributed by atoms with E-state index in [2.05, 4.69) is 15.4 Å². The van der Waals surface area contributed by atoms with E-state index in [9.17, 15) is 18.0 Å². The molecule has 4 nitrogen and oxygen atoms in total. The van der Waals surface area contributed by atoms with Gasteiger partial charge in [0.25, 0.3) is 0 Å². The smallest absolute Gasteiger partial charge is 0.406 e. The van der Waals surface area contributed by atoms with Crippen LogP contribution >= 0.6 is 0 Å². The third kappa shape index (κ3) is 5.49. The van der Waals surface area contributed by atoms with Crippen molar-refractivity contribution >= 4 is 5.91 Å². The Hall–Kier alpha value is -2.54. The van der Waals surface area contributed by atoms with Gasteiger partial charge in [-0.25, -0.2) is 0 Å². The summed E-state index contributed by atoms with van der Waals surface area (Å²) in [7, 11) is 0. The first-order valence-electron chi connectivity index (χ1n) is 8.34. The summed E-state index contributed by atoms with van der Waals surface area (Å²) in [5, 5.41) is 6.16. The van der Waals surface area contributed by atoms with Gasteiger partial charge in [-0.3, -0.25) is 10.1 Å². The van der Waals surface area contributed by atoms with Crippen LogP contribution in [0.25, 0.3) is 0 Å². The van der Waals surface area contributed by atoms with Gasteiger partial charge in [-0.15, -0.1) is 13.2 Å². The number of carbonyl (C=O) groups is 1. The van der Waals surface area contributed by atoms with Crippen molar-refractivity contribution in [2.45, 2.75) is 37.8 Å². The van der Waals surface area contributed by atoms with Crippen LogP contribution in [0.1, 0.15) is 30.0 Å². The van der Waals surface area contributed by atoms with Crippen LogP contribution < -0.4 is 15.4 Å². The van der Waals surface area contributed by atoms with Crippen molar-refractivity contribution in [2.24, 2.45) is 0 Å². The van der Waals surface area contributed by atoms with Crippen molar-refractivity contribution < 1.29 is 22.7 Å². The quantitative estimate of drug-likeness (QED) is 0.788. The fourth-order valence-electron chi connectivity index (χ4n) is 2.55. The SMILES string of the molecule is O=C(NC1CC1)C(NCc1ccc(OC(F)(F)F)cc1)c1ccccc1. The molecule has 1 unspecified atom stereocenters. The normalized spacial score (nSPS) is 15.3. The summed E-state index contributed by atoms with van der Waals surface area (Å²) in [5.74, 6) is -0.372. The number of amides is 1. The minimum absolute atomic E-state index is 0.101. The zero-order valence-corrected chi connectivity index (χ0v) is 13.9. The van der Waals surface area contributed by atoms with E-state index in [4.69, 9.17) is 0 Å². The van der Waals surface area contributed by atoms with Crippen molar-refractivity contribution in [3.8, 4) is 5.75 Å². The van der Waals surface area contributed by atoms with Gasteiger partial charge in [-0.05, 0) is 36.1 Å². The average molecular weight is 364 g/mol. The molecular formula is C19H19F3N2O2. The van der Waals surface area contributed by atoms with Crippen LogP contribution in [0.15, 0.2) is 54.6 Å².